The molecule has 0 heterocycles. The molecule has 4 rings (SSSR count). The first kappa shape index (κ1) is 45.5. The zero-order valence-electron chi connectivity index (χ0n) is 35.6. The van der Waals surface area contributed by atoms with E-state index in [4.69, 9.17) is 11.5 Å². The molecule has 0 unspecified atom stereocenters. The fourth-order valence-corrected chi connectivity index (χ4v) is 7.66. The molecule has 282 valence electrons. The summed E-state index contributed by atoms with van der Waals surface area (Å²) in [6, 6.07) is 41.8. The largest absolute Gasteiger partial charge is 1.00 e. The molecular weight excluding hydrogens is 647 g/mol. The number of quaternary nitrogens is 2. The average Bonchev–Trinajstić information content (AvgIpc) is 3.13. The summed E-state index contributed by atoms with van der Waals surface area (Å²) < 4.78 is 1.80. The summed E-state index contributed by atoms with van der Waals surface area (Å²) in [7, 11) is 4.55. The summed E-state index contributed by atoms with van der Waals surface area (Å²) in [4.78, 5) is 25.8. The van der Waals surface area contributed by atoms with Crippen molar-refractivity contribution >= 4 is 11.8 Å². The van der Waals surface area contributed by atoms with E-state index in [0.717, 1.165) is 44.3 Å². The van der Waals surface area contributed by atoms with E-state index >= 15 is 0 Å². The van der Waals surface area contributed by atoms with Crippen molar-refractivity contribution in [3.05, 3.63) is 144 Å². The maximum atomic E-state index is 12.9. The minimum absolute atomic E-state index is 0. The quantitative estimate of drug-likeness (QED) is 0.121. The molecule has 0 aromatic heterocycles. The smallest absolute Gasteiger partial charge is 1.00 e. The van der Waals surface area contributed by atoms with E-state index in [9.17, 15) is 9.59 Å². The molecule has 0 saturated carbocycles. The second-order valence-corrected chi connectivity index (χ2v) is 16.0. The van der Waals surface area contributed by atoms with E-state index in [1.807, 2.05) is 121 Å². The molecule has 0 aliphatic rings. The van der Waals surface area contributed by atoms with Crippen LogP contribution in [-0.4, -0.2) is 72.1 Å². The van der Waals surface area contributed by atoms with Crippen LogP contribution in [0.2, 0.25) is 0 Å². The molecule has 0 spiro atoms. The van der Waals surface area contributed by atoms with Crippen LogP contribution in [0.4, 0.5) is 0 Å². The van der Waals surface area contributed by atoms with Gasteiger partial charge in [-0.25, -0.2) is 0 Å². The van der Waals surface area contributed by atoms with Gasteiger partial charge in [0, 0.05) is 12.8 Å². The van der Waals surface area contributed by atoms with Gasteiger partial charge >= 0.3 is 18.9 Å². The van der Waals surface area contributed by atoms with Gasteiger partial charge in [0.1, 0.15) is 10.8 Å². The van der Waals surface area contributed by atoms with Crippen LogP contribution in [0.3, 0.4) is 0 Å². The van der Waals surface area contributed by atoms with Gasteiger partial charge in [-0.2, -0.15) is 0 Å². The Labute approximate surface area is 334 Å². The van der Waals surface area contributed by atoms with Crippen molar-refractivity contribution in [2.24, 2.45) is 11.5 Å². The maximum Gasteiger partial charge on any atom is 1.00 e. The zero-order valence-corrected chi connectivity index (χ0v) is 34.6. The molecule has 0 aliphatic heterocycles. The molecule has 0 aliphatic carbocycles. The summed E-state index contributed by atoms with van der Waals surface area (Å²) in [5.41, 5.74) is 14.4. The second-order valence-electron chi connectivity index (χ2n) is 16.0. The third-order valence-corrected chi connectivity index (χ3v) is 12.6. The Morgan fingerprint density at radius 1 is 0.472 bits per heavy atom. The second kappa shape index (κ2) is 19.6. The Bertz CT molecular complexity index is 1460. The predicted molar refractivity (Wildman–Crippen MR) is 219 cm³/mol. The summed E-state index contributed by atoms with van der Waals surface area (Å²) >= 11 is 0. The summed E-state index contributed by atoms with van der Waals surface area (Å²) in [6.45, 7) is 19.7. The van der Waals surface area contributed by atoms with Crippen LogP contribution in [0.25, 0.3) is 0 Å². The van der Waals surface area contributed by atoms with Gasteiger partial charge in [-0.1, -0.05) is 121 Å². The Hall–Kier alpha value is -3.66. The molecule has 0 atom stereocenters. The molecule has 0 saturated heterocycles. The minimum Gasteiger partial charge on any atom is -1.00 e. The van der Waals surface area contributed by atoms with Crippen molar-refractivity contribution < 1.29 is 38.8 Å². The molecule has 53 heavy (non-hydrogen) atoms. The van der Waals surface area contributed by atoms with Gasteiger partial charge in [-0.15, -0.1) is 0 Å². The minimum atomic E-state index is -0.814. The van der Waals surface area contributed by atoms with Gasteiger partial charge in [-0.05, 0) is 77.6 Å². The number of primary amides is 2. The molecule has 7 heteroatoms. The van der Waals surface area contributed by atoms with Gasteiger partial charge in [0.15, 0.2) is 0 Å². The molecule has 0 bridgehead atoms. The van der Waals surface area contributed by atoms with Gasteiger partial charge in [-0.3, -0.25) is 9.59 Å². The monoisotopic (exact) mass is 715 g/mol. The number of hydrogen-bond acceptors (Lipinski definition) is 2. The number of carbonyl (C=O) groups is 2. The van der Waals surface area contributed by atoms with E-state index in [2.05, 4.69) is 69.5 Å². The summed E-state index contributed by atoms with van der Waals surface area (Å²) in [5.74, 6) is -0.567. The third kappa shape index (κ3) is 9.91. The zero-order chi connectivity index (χ0) is 38.7. The molecule has 4 aromatic carbocycles. The normalized spacial score (nSPS) is 12.3. The molecular formula is C46H67LiN4O2+2. The Morgan fingerprint density at radius 2 is 0.660 bits per heavy atom. The Kier molecular flexibility index (Phi) is 16.8. The summed E-state index contributed by atoms with van der Waals surface area (Å²) in [5, 5.41) is 0. The van der Waals surface area contributed by atoms with E-state index in [0.29, 0.717) is 37.0 Å². The van der Waals surface area contributed by atoms with Crippen molar-refractivity contribution in [3.63, 3.8) is 0 Å². The fourth-order valence-electron chi connectivity index (χ4n) is 7.66. The van der Waals surface area contributed by atoms with Crippen molar-refractivity contribution in [1.29, 1.82) is 0 Å². The molecule has 4 aromatic rings. The number of rotatable bonds is 16. The van der Waals surface area contributed by atoms with E-state index in [1.165, 1.54) is 0 Å². The van der Waals surface area contributed by atoms with Crippen LogP contribution in [0.15, 0.2) is 121 Å². The first-order chi connectivity index (χ1) is 24.5. The van der Waals surface area contributed by atoms with Crippen LogP contribution in [0.1, 0.15) is 91.9 Å². The molecule has 4 N–H and O–H groups in total. The average molecular weight is 715 g/mol. The Balaban J connectivity index is 0.000000521. The third-order valence-electron chi connectivity index (χ3n) is 12.6. The van der Waals surface area contributed by atoms with Crippen LogP contribution >= 0.6 is 0 Å². The van der Waals surface area contributed by atoms with E-state index in [1.54, 1.807) is 0 Å². The first-order valence-electron chi connectivity index (χ1n) is 19.0. The maximum absolute atomic E-state index is 12.9. The van der Waals surface area contributed by atoms with Crippen LogP contribution < -0.4 is 30.3 Å². The number of nitrogens with two attached hydrogens (primary N) is 2. The Morgan fingerprint density at radius 3 is 0.811 bits per heavy atom. The first-order valence-corrected chi connectivity index (χ1v) is 19.0. The summed E-state index contributed by atoms with van der Waals surface area (Å²) in [6.07, 6.45) is 1.37. The number of nitrogens with zero attached hydrogens (tertiary/aromatic N) is 2. The van der Waals surface area contributed by atoms with Crippen LogP contribution in [0.5, 0.6) is 0 Å². The number of carbonyl (C=O) groups excluding carboxylic acids is 2. The topological polar surface area (TPSA) is 86.2 Å². The van der Waals surface area contributed by atoms with Gasteiger partial charge < -0.3 is 21.9 Å². The van der Waals surface area contributed by atoms with Crippen LogP contribution in [0, 0.1) is 0 Å². The van der Waals surface area contributed by atoms with E-state index < -0.39 is 10.8 Å². The standard InChI is InChI=1S/2C23H32N2O.Li.H/c2*1-18(2)25(5,19(3)4)17-16-23(22(24)26,20-12-8-6-9-13-20)21-14-10-7-11-15-21;;/h2*6-15,18-19H,16-17H2,1-5H3,(H-,24,26);;/q;;+1;-1/p+2. The molecule has 2 amide bonds. The molecule has 0 fully saturated rings. The van der Waals surface area contributed by atoms with Crippen molar-refractivity contribution in [2.75, 3.05) is 27.2 Å². The number of benzene rings is 4. The molecule has 6 nitrogen and oxygen atoms in total. The van der Waals surface area contributed by atoms with Crippen molar-refractivity contribution in [3.8, 4) is 0 Å². The van der Waals surface area contributed by atoms with Gasteiger partial charge in [0.2, 0.25) is 11.8 Å². The number of hydrogen-bond donors (Lipinski definition) is 2. The van der Waals surface area contributed by atoms with Gasteiger partial charge in [0.05, 0.1) is 51.4 Å². The predicted octanol–water partition coefficient (Wildman–Crippen LogP) is 5.34. The molecule has 0 radical (unpaired) electrons. The van der Waals surface area contributed by atoms with Crippen molar-refractivity contribution in [2.45, 2.75) is 103 Å². The van der Waals surface area contributed by atoms with Gasteiger partial charge in [0.25, 0.3) is 0 Å². The van der Waals surface area contributed by atoms with Crippen LogP contribution in [-0.2, 0) is 20.4 Å². The SMILES string of the molecule is CC(C)[N+](C)(CCC(C(N)=O)(c1ccccc1)c1ccccc1)C(C)C.CC(C)[N+](C)(CCC(C(N)=O)(c1ccccc1)c1ccccc1)C(C)C.[H-].[Li+]. The fraction of sp³-hybridized carbons (Fsp3) is 0.435. The van der Waals surface area contributed by atoms with E-state index in [-0.39, 0.29) is 32.1 Å². The number of amides is 2. The van der Waals surface area contributed by atoms with Crippen molar-refractivity contribution in [1.82, 2.24) is 0 Å².